The Morgan fingerprint density at radius 1 is 1.65 bits per heavy atom. The van der Waals surface area contributed by atoms with Crippen molar-refractivity contribution in [3.63, 3.8) is 0 Å². The minimum absolute atomic E-state index is 0.251. The largest absolute Gasteiger partial charge is 0.464 e. The van der Waals surface area contributed by atoms with E-state index in [4.69, 9.17) is 4.74 Å². The molecule has 0 amide bonds. The van der Waals surface area contributed by atoms with Crippen LogP contribution in [0.2, 0.25) is 0 Å². The molecule has 0 aromatic carbocycles. The molecule has 4 heteroatoms. The molecule has 0 bridgehead atoms. The van der Waals surface area contributed by atoms with Crippen LogP contribution in [0.25, 0.3) is 0 Å². The third-order valence-corrected chi connectivity index (χ3v) is 3.27. The van der Waals surface area contributed by atoms with Gasteiger partial charge in [-0.15, -0.1) is 0 Å². The first kappa shape index (κ1) is 12.1. The standard InChI is InChI=1S/C13H20N2O2/c1-4-5-9(2)15-12(13(16)17-3)8-11(14-15)10-6-7-10/h8-10H,4-7H2,1-3H3. The van der Waals surface area contributed by atoms with Crippen molar-refractivity contribution < 1.29 is 9.53 Å². The summed E-state index contributed by atoms with van der Waals surface area (Å²) in [6.07, 6.45) is 4.50. The van der Waals surface area contributed by atoms with E-state index in [1.165, 1.54) is 20.0 Å². The minimum atomic E-state index is -0.285. The number of aromatic nitrogens is 2. The van der Waals surface area contributed by atoms with Gasteiger partial charge in [-0.1, -0.05) is 13.3 Å². The van der Waals surface area contributed by atoms with Crippen molar-refractivity contribution in [2.24, 2.45) is 0 Å². The fourth-order valence-electron chi connectivity index (χ4n) is 2.13. The van der Waals surface area contributed by atoms with Crippen LogP contribution in [0.5, 0.6) is 0 Å². The second-order valence-electron chi connectivity index (χ2n) is 4.80. The number of methoxy groups -OCH3 is 1. The average Bonchev–Trinajstić information content (AvgIpc) is 3.07. The van der Waals surface area contributed by atoms with Gasteiger partial charge in [-0.2, -0.15) is 5.10 Å². The molecule has 1 unspecified atom stereocenters. The summed E-state index contributed by atoms with van der Waals surface area (Å²) >= 11 is 0. The van der Waals surface area contributed by atoms with Crippen LogP contribution in [0.1, 0.15) is 67.7 Å². The Morgan fingerprint density at radius 2 is 2.35 bits per heavy atom. The molecule has 0 spiro atoms. The second-order valence-corrected chi connectivity index (χ2v) is 4.80. The summed E-state index contributed by atoms with van der Waals surface area (Å²) in [5.41, 5.74) is 1.64. The summed E-state index contributed by atoms with van der Waals surface area (Å²) in [4.78, 5) is 11.7. The molecule has 1 heterocycles. The number of esters is 1. The summed E-state index contributed by atoms with van der Waals surface area (Å²) < 4.78 is 6.66. The number of nitrogens with zero attached hydrogens (tertiary/aromatic N) is 2. The maximum absolute atomic E-state index is 11.7. The number of rotatable bonds is 5. The molecule has 1 aliphatic rings. The van der Waals surface area contributed by atoms with E-state index in [9.17, 15) is 4.79 Å². The number of hydrogen-bond donors (Lipinski definition) is 0. The van der Waals surface area contributed by atoms with Gasteiger partial charge in [0.05, 0.1) is 18.8 Å². The van der Waals surface area contributed by atoms with E-state index in [0.29, 0.717) is 11.6 Å². The molecule has 0 radical (unpaired) electrons. The predicted molar refractivity (Wildman–Crippen MR) is 65.2 cm³/mol. The summed E-state index contributed by atoms with van der Waals surface area (Å²) in [5.74, 6) is 0.279. The Kier molecular flexibility index (Phi) is 3.50. The van der Waals surface area contributed by atoms with Gasteiger partial charge in [-0.3, -0.25) is 4.68 Å². The molecule has 94 valence electrons. The Bertz CT molecular complexity index is 408. The average molecular weight is 236 g/mol. The van der Waals surface area contributed by atoms with E-state index in [2.05, 4.69) is 18.9 Å². The van der Waals surface area contributed by atoms with Crippen molar-refractivity contribution in [3.8, 4) is 0 Å². The van der Waals surface area contributed by atoms with E-state index >= 15 is 0 Å². The van der Waals surface area contributed by atoms with Crippen LogP contribution in [0, 0.1) is 0 Å². The summed E-state index contributed by atoms with van der Waals surface area (Å²) in [6, 6.07) is 2.15. The van der Waals surface area contributed by atoms with Gasteiger partial charge in [-0.05, 0) is 32.3 Å². The van der Waals surface area contributed by atoms with Crippen molar-refractivity contribution in [1.29, 1.82) is 0 Å². The quantitative estimate of drug-likeness (QED) is 0.738. The highest BCUT2D eigenvalue weighted by Gasteiger charge is 2.29. The fraction of sp³-hybridized carbons (Fsp3) is 0.692. The Balaban J connectivity index is 2.29. The van der Waals surface area contributed by atoms with Crippen LogP contribution in [0.15, 0.2) is 6.07 Å². The molecule has 1 aliphatic carbocycles. The molecule has 1 aromatic rings. The highest BCUT2D eigenvalue weighted by atomic mass is 16.5. The van der Waals surface area contributed by atoms with Crippen LogP contribution in [-0.2, 0) is 4.74 Å². The summed E-state index contributed by atoms with van der Waals surface area (Å²) in [5, 5.41) is 4.58. The van der Waals surface area contributed by atoms with E-state index in [-0.39, 0.29) is 12.0 Å². The lowest BCUT2D eigenvalue weighted by atomic mass is 10.2. The fourth-order valence-corrected chi connectivity index (χ4v) is 2.13. The lowest BCUT2D eigenvalue weighted by Gasteiger charge is -2.13. The van der Waals surface area contributed by atoms with Crippen molar-refractivity contribution in [1.82, 2.24) is 9.78 Å². The normalized spacial score (nSPS) is 16.9. The first-order valence-corrected chi connectivity index (χ1v) is 6.35. The molecule has 2 rings (SSSR count). The molecule has 1 saturated carbocycles. The molecule has 1 fully saturated rings. The number of ether oxygens (including phenoxy) is 1. The van der Waals surface area contributed by atoms with Gasteiger partial charge in [-0.25, -0.2) is 4.79 Å². The third kappa shape index (κ3) is 2.51. The zero-order valence-electron chi connectivity index (χ0n) is 10.8. The number of hydrogen-bond acceptors (Lipinski definition) is 3. The van der Waals surface area contributed by atoms with Gasteiger partial charge in [0.25, 0.3) is 0 Å². The highest BCUT2D eigenvalue weighted by Crippen LogP contribution is 2.39. The van der Waals surface area contributed by atoms with Crippen molar-refractivity contribution in [2.75, 3.05) is 7.11 Å². The van der Waals surface area contributed by atoms with E-state index in [0.717, 1.165) is 18.5 Å². The van der Waals surface area contributed by atoms with Crippen LogP contribution in [-0.4, -0.2) is 22.9 Å². The van der Waals surface area contributed by atoms with E-state index in [1.807, 2.05) is 10.7 Å². The SMILES string of the molecule is CCCC(C)n1nc(C2CC2)cc1C(=O)OC. The molecule has 0 N–H and O–H groups in total. The molecule has 4 nitrogen and oxygen atoms in total. The Hall–Kier alpha value is -1.32. The molecule has 0 saturated heterocycles. The zero-order chi connectivity index (χ0) is 12.4. The van der Waals surface area contributed by atoms with Crippen LogP contribution in [0.4, 0.5) is 0 Å². The monoisotopic (exact) mass is 236 g/mol. The van der Waals surface area contributed by atoms with E-state index in [1.54, 1.807) is 0 Å². The third-order valence-electron chi connectivity index (χ3n) is 3.27. The molecular weight excluding hydrogens is 216 g/mol. The van der Waals surface area contributed by atoms with E-state index < -0.39 is 0 Å². The lowest BCUT2D eigenvalue weighted by molar-refractivity contribution is 0.0583. The number of carbonyl (C=O) groups excluding carboxylic acids is 1. The Morgan fingerprint density at radius 3 is 2.88 bits per heavy atom. The van der Waals surface area contributed by atoms with Crippen LogP contribution in [0.3, 0.4) is 0 Å². The highest BCUT2D eigenvalue weighted by molar-refractivity contribution is 5.87. The summed E-state index contributed by atoms with van der Waals surface area (Å²) in [7, 11) is 1.42. The van der Waals surface area contributed by atoms with Crippen molar-refractivity contribution >= 4 is 5.97 Å². The minimum Gasteiger partial charge on any atom is -0.464 e. The van der Waals surface area contributed by atoms with Gasteiger partial charge in [0.2, 0.25) is 0 Å². The van der Waals surface area contributed by atoms with Gasteiger partial charge >= 0.3 is 5.97 Å². The van der Waals surface area contributed by atoms with Crippen molar-refractivity contribution in [3.05, 3.63) is 17.5 Å². The smallest absolute Gasteiger partial charge is 0.356 e. The van der Waals surface area contributed by atoms with Gasteiger partial charge in [0.15, 0.2) is 0 Å². The molecular formula is C13H20N2O2. The Labute approximate surface area is 102 Å². The molecule has 1 aromatic heterocycles. The molecule has 0 aliphatic heterocycles. The first-order valence-electron chi connectivity index (χ1n) is 6.35. The maximum atomic E-state index is 11.7. The lowest BCUT2D eigenvalue weighted by Crippen LogP contribution is -2.15. The zero-order valence-corrected chi connectivity index (χ0v) is 10.8. The van der Waals surface area contributed by atoms with Gasteiger partial charge in [0, 0.05) is 5.92 Å². The van der Waals surface area contributed by atoms with Crippen LogP contribution < -0.4 is 0 Å². The van der Waals surface area contributed by atoms with Crippen LogP contribution >= 0.6 is 0 Å². The predicted octanol–water partition coefficient (Wildman–Crippen LogP) is 2.91. The van der Waals surface area contributed by atoms with Crippen molar-refractivity contribution in [2.45, 2.75) is 51.5 Å². The maximum Gasteiger partial charge on any atom is 0.356 e. The molecule has 1 atom stereocenters. The second kappa shape index (κ2) is 4.90. The topological polar surface area (TPSA) is 44.1 Å². The summed E-state index contributed by atoms with van der Waals surface area (Å²) in [6.45, 7) is 4.24. The first-order chi connectivity index (χ1) is 8.17. The number of carbonyl (C=O) groups is 1. The van der Waals surface area contributed by atoms with Gasteiger partial charge < -0.3 is 4.74 Å². The van der Waals surface area contributed by atoms with Gasteiger partial charge in [0.1, 0.15) is 5.69 Å². The molecule has 17 heavy (non-hydrogen) atoms.